The van der Waals surface area contributed by atoms with Crippen LogP contribution in [-0.4, -0.2) is 6.29 Å². The minimum absolute atomic E-state index is 0.807. The van der Waals surface area contributed by atoms with Gasteiger partial charge in [0.05, 0.1) is 0 Å². The molecule has 0 radical (unpaired) electrons. The third kappa shape index (κ3) is 12.9. The van der Waals surface area contributed by atoms with Gasteiger partial charge in [-0.15, -0.1) is 0 Å². The van der Waals surface area contributed by atoms with Crippen LogP contribution < -0.4 is 0 Å². The highest BCUT2D eigenvalue weighted by atomic mass is 16.1. The topological polar surface area (TPSA) is 17.1 Å². The van der Waals surface area contributed by atoms with Gasteiger partial charge in [0.1, 0.15) is 6.29 Å². The summed E-state index contributed by atoms with van der Waals surface area (Å²) in [7, 11) is 0. The van der Waals surface area contributed by atoms with Crippen molar-refractivity contribution in [3.05, 3.63) is 36.5 Å². The average molecular weight is 206 g/mol. The lowest BCUT2D eigenvalue weighted by Crippen LogP contribution is -1.70. The van der Waals surface area contributed by atoms with E-state index < -0.39 is 0 Å². The molecule has 0 aliphatic heterocycles. The molecule has 0 amide bonds. The van der Waals surface area contributed by atoms with E-state index >= 15 is 0 Å². The first-order chi connectivity index (χ1) is 7.41. The molecule has 0 fully saturated rings. The van der Waals surface area contributed by atoms with Gasteiger partial charge in [-0.3, -0.25) is 4.79 Å². The third-order valence-corrected chi connectivity index (χ3v) is 2.07. The standard InChI is InChI=1S/C14H22O/c1-2-3-4-5-6-7-8-9-10-11-12-13-14-15/h6-7,9-10,12-14H,2-5,8,11H2,1H3. The Kier molecular flexibility index (Phi) is 11.9. The number of hydrogen-bond acceptors (Lipinski definition) is 1. The van der Waals surface area contributed by atoms with Crippen molar-refractivity contribution in [3.63, 3.8) is 0 Å². The predicted octanol–water partition coefficient (Wildman–Crippen LogP) is 4.21. The summed E-state index contributed by atoms with van der Waals surface area (Å²) in [5.74, 6) is 0. The predicted molar refractivity (Wildman–Crippen MR) is 66.9 cm³/mol. The SMILES string of the molecule is CCCCCC=CCC=CCC=CC=O. The van der Waals surface area contributed by atoms with Crippen LogP contribution >= 0.6 is 0 Å². The van der Waals surface area contributed by atoms with E-state index in [0.29, 0.717) is 0 Å². The molecule has 1 nitrogen and oxygen atoms in total. The first kappa shape index (κ1) is 13.9. The van der Waals surface area contributed by atoms with Gasteiger partial charge in [-0.1, -0.05) is 50.1 Å². The van der Waals surface area contributed by atoms with Crippen molar-refractivity contribution in [2.45, 2.75) is 45.4 Å². The summed E-state index contributed by atoms with van der Waals surface area (Å²) in [5.41, 5.74) is 0. The van der Waals surface area contributed by atoms with Crippen molar-refractivity contribution >= 4 is 6.29 Å². The van der Waals surface area contributed by atoms with Crippen LogP contribution in [0.5, 0.6) is 0 Å². The summed E-state index contributed by atoms with van der Waals surface area (Å²) >= 11 is 0. The van der Waals surface area contributed by atoms with Crippen LogP contribution in [0, 0.1) is 0 Å². The zero-order valence-corrected chi connectivity index (χ0v) is 9.69. The molecule has 0 bridgehead atoms. The van der Waals surface area contributed by atoms with Crippen LogP contribution in [0.25, 0.3) is 0 Å². The summed E-state index contributed by atoms with van der Waals surface area (Å²) < 4.78 is 0. The van der Waals surface area contributed by atoms with E-state index in [4.69, 9.17) is 0 Å². The third-order valence-electron chi connectivity index (χ3n) is 2.07. The summed E-state index contributed by atoms with van der Waals surface area (Å²) in [6.45, 7) is 2.22. The van der Waals surface area contributed by atoms with Gasteiger partial charge in [-0.05, 0) is 31.8 Å². The van der Waals surface area contributed by atoms with E-state index in [2.05, 4.69) is 31.2 Å². The Labute approximate surface area is 93.6 Å². The van der Waals surface area contributed by atoms with E-state index in [1.807, 2.05) is 6.08 Å². The molecule has 0 N–H and O–H groups in total. The quantitative estimate of drug-likeness (QED) is 0.239. The lowest BCUT2D eigenvalue weighted by Gasteiger charge is -1.90. The van der Waals surface area contributed by atoms with Crippen molar-refractivity contribution in [1.82, 2.24) is 0 Å². The Morgan fingerprint density at radius 1 is 0.867 bits per heavy atom. The van der Waals surface area contributed by atoms with E-state index in [9.17, 15) is 4.79 Å². The molecular weight excluding hydrogens is 184 g/mol. The minimum Gasteiger partial charge on any atom is -0.299 e. The minimum atomic E-state index is 0.807. The molecule has 15 heavy (non-hydrogen) atoms. The van der Waals surface area contributed by atoms with Crippen molar-refractivity contribution in [2.75, 3.05) is 0 Å². The molecule has 0 aliphatic carbocycles. The Hall–Kier alpha value is -1.11. The van der Waals surface area contributed by atoms with Gasteiger partial charge in [0.15, 0.2) is 0 Å². The zero-order chi connectivity index (χ0) is 11.2. The molecule has 0 aromatic rings. The number of rotatable bonds is 9. The summed E-state index contributed by atoms with van der Waals surface area (Å²) in [6.07, 6.45) is 19.8. The monoisotopic (exact) mass is 206 g/mol. The van der Waals surface area contributed by atoms with Crippen molar-refractivity contribution in [2.24, 2.45) is 0 Å². The van der Waals surface area contributed by atoms with E-state index in [1.54, 1.807) is 0 Å². The zero-order valence-electron chi connectivity index (χ0n) is 9.69. The van der Waals surface area contributed by atoms with Crippen molar-refractivity contribution in [3.8, 4) is 0 Å². The molecule has 1 heteroatoms. The second-order valence-corrected chi connectivity index (χ2v) is 3.47. The highest BCUT2D eigenvalue weighted by Crippen LogP contribution is 2.00. The molecule has 0 saturated carbocycles. The van der Waals surface area contributed by atoms with Crippen LogP contribution in [-0.2, 0) is 4.79 Å². The number of carbonyl (C=O) groups excluding carboxylic acids is 1. The van der Waals surface area contributed by atoms with Crippen LogP contribution in [0.3, 0.4) is 0 Å². The molecule has 84 valence electrons. The van der Waals surface area contributed by atoms with Crippen LogP contribution in [0.1, 0.15) is 45.4 Å². The van der Waals surface area contributed by atoms with Gasteiger partial charge in [0, 0.05) is 0 Å². The van der Waals surface area contributed by atoms with Crippen LogP contribution in [0.2, 0.25) is 0 Å². The number of unbranched alkanes of at least 4 members (excludes halogenated alkanes) is 3. The maximum atomic E-state index is 9.94. The van der Waals surface area contributed by atoms with Crippen molar-refractivity contribution < 1.29 is 4.79 Å². The Bertz CT molecular complexity index is 211. The second kappa shape index (κ2) is 12.9. The molecule has 0 aromatic heterocycles. The lowest BCUT2D eigenvalue weighted by molar-refractivity contribution is -0.104. The first-order valence-corrected chi connectivity index (χ1v) is 5.82. The molecule has 0 spiro atoms. The first-order valence-electron chi connectivity index (χ1n) is 5.82. The van der Waals surface area contributed by atoms with Gasteiger partial charge < -0.3 is 0 Å². The fourth-order valence-electron chi connectivity index (χ4n) is 1.21. The van der Waals surface area contributed by atoms with Crippen LogP contribution in [0.4, 0.5) is 0 Å². The summed E-state index contributed by atoms with van der Waals surface area (Å²) in [5, 5.41) is 0. The molecular formula is C14H22O. The number of carbonyl (C=O) groups is 1. The molecule has 0 heterocycles. The second-order valence-electron chi connectivity index (χ2n) is 3.47. The van der Waals surface area contributed by atoms with Gasteiger partial charge in [0.2, 0.25) is 0 Å². The van der Waals surface area contributed by atoms with E-state index in [-0.39, 0.29) is 0 Å². The fourth-order valence-corrected chi connectivity index (χ4v) is 1.21. The molecule has 0 saturated heterocycles. The fraction of sp³-hybridized carbons (Fsp3) is 0.500. The largest absolute Gasteiger partial charge is 0.299 e. The molecule has 0 atom stereocenters. The van der Waals surface area contributed by atoms with Crippen LogP contribution in [0.15, 0.2) is 36.5 Å². The van der Waals surface area contributed by atoms with E-state index in [0.717, 1.165) is 19.1 Å². The van der Waals surface area contributed by atoms with Gasteiger partial charge in [-0.2, -0.15) is 0 Å². The maximum absolute atomic E-state index is 9.94. The number of allylic oxidation sites excluding steroid dienone is 6. The van der Waals surface area contributed by atoms with Gasteiger partial charge in [0.25, 0.3) is 0 Å². The highest BCUT2D eigenvalue weighted by molar-refractivity contribution is 5.64. The number of hydrogen-bond donors (Lipinski definition) is 0. The van der Waals surface area contributed by atoms with Gasteiger partial charge >= 0.3 is 0 Å². The maximum Gasteiger partial charge on any atom is 0.142 e. The highest BCUT2D eigenvalue weighted by Gasteiger charge is 1.80. The normalized spacial score (nSPS) is 12.1. The Balaban J connectivity index is 3.28. The van der Waals surface area contributed by atoms with E-state index in [1.165, 1.54) is 31.8 Å². The van der Waals surface area contributed by atoms with Gasteiger partial charge in [-0.25, -0.2) is 0 Å². The van der Waals surface area contributed by atoms with Crippen molar-refractivity contribution in [1.29, 1.82) is 0 Å². The summed E-state index contributed by atoms with van der Waals surface area (Å²) in [6, 6.07) is 0. The molecule has 0 aromatic carbocycles. The number of aldehydes is 1. The smallest absolute Gasteiger partial charge is 0.142 e. The Morgan fingerprint density at radius 3 is 2.20 bits per heavy atom. The molecule has 0 aliphatic rings. The Morgan fingerprint density at radius 2 is 1.53 bits per heavy atom. The molecule has 0 unspecified atom stereocenters. The average Bonchev–Trinajstić information content (AvgIpc) is 2.26. The summed E-state index contributed by atoms with van der Waals surface area (Å²) in [4.78, 5) is 9.94. The lowest BCUT2D eigenvalue weighted by atomic mass is 10.2. The molecule has 0 rings (SSSR count).